The Kier molecular flexibility index (Phi) is 5.60. The van der Waals surface area contributed by atoms with Gasteiger partial charge in [-0.2, -0.15) is 0 Å². The van der Waals surface area contributed by atoms with Gasteiger partial charge >= 0.3 is 0 Å². The number of hydrogen-bond acceptors (Lipinski definition) is 3. The van der Waals surface area contributed by atoms with Gasteiger partial charge in [-0.1, -0.05) is 20.3 Å². The lowest BCUT2D eigenvalue weighted by molar-refractivity contribution is -0.138. The SMILES string of the molecule is CCCC(C)(N)C(=O)N1CCN(C(C)CC)CC1. The van der Waals surface area contributed by atoms with Crippen molar-refractivity contribution < 1.29 is 4.79 Å². The Morgan fingerprint density at radius 1 is 1.28 bits per heavy atom. The summed E-state index contributed by atoms with van der Waals surface area (Å²) in [6, 6.07) is 0.613. The van der Waals surface area contributed by atoms with Gasteiger partial charge in [0.1, 0.15) is 0 Å². The van der Waals surface area contributed by atoms with Crippen LogP contribution in [0.1, 0.15) is 47.0 Å². The monoisotopic (exact) mass is 255 g/mol. The summed E-state index contributed by atoms with van der Waals surface area (Å²) in [6.07, 6.45) is 2.88. The first kappa shape index (κ1) is 15.4. The summed E-state index contributed by atoms with van der Waals surface area (Å²) in [5.74, 6) is 0.119. The van der Waals surface area contributed by atoms with Crippen LogP contribution in [0.4, 0.5) is 0 Å². The number of nitrogens with two attached hydrogens (primary N) is 1. The summed E-state index contributed by atoms with van der Waals surface area (Å²) >= 11 is 0. The highest BCUT2D eigenvalue weighted by Crippen LogP contribution is 2.16. The molecular formula is C14H29N3O. The van der Waals surface area contributed by atoms with E-state index < -0.39 is 5.54 Å². The molecule has 2 unspecified atom stereocenters. The molecule has 1 aliphatic heterocycles. The van der Waals surface area contributed by atoms with Gasteiger partial charge < -0.3 is 10.6 Å². The molecule has 2 atom stereocenters. The molecular weight excluding hydrogens is 226 g/mol. The van der Waals surface area contributed by atoms with E-state index in [9.17, 15) is 4.79 Å². The molecule has 0 radical (unpaired) electrons. The van der Waals surface area contributed by atoms with Crippen LogP contribution in [0, 0.1) is 0 Å². The van der Waals surface area contributed by atoms with Crippen molar-refractivity contribution in [1.82, 2.24) is 9.80 Å². The molecule has 1 saturated heterocycles. The number of piperazine rings is 1. The van der Waals surface area contributed by atoms with Crippen molar-refractivity contribution in [3.05, 3.63) is 0 Å². The molecule has 0 aromatic carbocycles. The fourth-order valence-electron chi connectivity index (χ4n) is 2.61. The third-order valence-corrected chi connectivity index (χ3v) is 4.07. The maximum atomic E-state index is 12.3. The Bertz CT molecular complexity index is 270. The molecule has 1 amide bonds. The highest BCUT2D eigenvalue weighted by atomic mass is 16.2. The van der Waals surface area contributed by atoms with Crippen molar-refractivity contribution in [2.45, 2.75) is 58.5 Å². The normalized spacial score (nSPS) is 22.6. The van der Waals surface area contributed by atoms with Gasteiger partial charge in [0.25, 0.3) is 0 Å². The van der Waals surface area contributed by atoms with Gasteiger partial charge in [-0.25, -0.2) is 0 Å². The van der Waals surface area contributed by atoms with E-state index in [0.717, 1.165) is 39.0 Å². The predicted octanol–water partition coefficient (Wildman–Crippen LogP) is 1.45. The number of carbonyl (C=O) groups excluding carboxylic acids is 1. The van der Waals surface area contributed by atoms with Gasteiger partial charge in [-0.15, -0.1) is 0 Å². The molecule has 106 valence electrons. The fraction of sp³-hybridized carbons (Fsp3) is 0.929. The minimum absolute atomic E-state index is 0.119. The van der Waals surface area contributed by atoms with E-state index in [1.807, 2.05) is 11.8 Å². The van der Waals surface area contributed by atoms with Crippen LogP contribution in [0.25, 0.3) is 0 Å². The van der Waals surface area contributed by atoms with Crippen molar-refractivity contribution in [2.24, 2.45) is 5.73 Å². The summed E-state index contributed by atoms with van der Waals surface area (Å²) in [5, 5.41) is 0. The lowest BCUT2D eigenvalue weighted by Gasteiger charge is -2.40. The summed E-state index contributed by atoms with van der Waals surface area (Å²) in [4.78, 5) is 16.7. The fourth-order valence-corrected chi connectivity index (χ4v) is 2.61. The molecule has 1 aliphatic rings. The number of amides is 1. The molecule has 0 spiro atoms. The quantitative estimate of drug-likeness (QED) is 0.809. The smallest absolute Gasteiger partial charge is 0.242 e. The maximum Gasteiger partial charge on any atom is 0.242 e. The van der Waals surface area contributed by atoms with Gasteiger partial charge in [-0.3, -0.25) is 9.69 Å². The van der Waals surface area contributed by atoms with E-state index >= 15 is 0 Å². The molecule has 0 aromatic heterocycles. The molecule has 4 heteroatoms. The van der Waals surface area contributed by atoms with Crippen LogP contribution in [0.5, 0.6) is 0 Å². The first-order valence-electron chi connectivity index (χ1n) is 7.24. The Hall–Kier alpha value is -0.610. The van der Waals surface area contributed by atoms with Crippen molar-refractivity contribution in [2.75, 3.05) is 26.2 Å². The average molecular weight is 255 g/mol. The molecule has 4 nitrogen and oxygen atoms in total. The van der Waals surface area contributed by atoms with Crippen LogP contribution in [0.2, 0.25) is 0 Å². The second kappa shape index (κ2) is 6.53. The van der Waals surface area contributed by atoms with E-state index in [1.165, 1.54) is 6.42 Å². The number of carbonyl (C=O) groups is 1. The highest BCUT2D eigenvalue weighted by Gasteiger charge is 2.33. The van der Waals surface area contributed by atoms with Crippen LogP contribution < -0.4 is 5.73 Å². The number of hydrogen-bond donors (Lipinski definition) is 1. The second-order valence-electron chi connectivity index (χ2n) is 5.75. The summed E-state index contributed by atoms with van der Waals surface area (Å²) in [7, 11) is 0. The molecule has 1 rings (SSSR count). The average Bonchev–Trinajstić information content (AvgIpc) is 2.37. The van der Waals surface area contributed by atoms with E-state index in [4.69, 9.17) is 5.73 Å². The predicted molar refractivity (Wildman–Crippen MR) is 75.4 cm³/mol. The van der Waals surface area contributed by atoms with Gasteiger partial charge in [0, 0.05) is 32.2 Å². The molecule has 2 N–H and O–H groups in total. The zero-order valence-electron chi connectivity index (χ0n) is 12.4. The standard InChI is InChI=1S/C14H29N3O/c1-5-7-14(4,15)13(18)17-10-8-16(9-11-17)12(3)6-2/h12H,5-11,15H2,1-4H3. The summed E-state index contributed by atoms with van der Waals surface area (Å²) in [6.45, 7) is 12.0. The van der Waals surface area contributed by atoms with E-state index in [1.54, 1.807) is 0 Å². The molecule has 18 heavy (non-hydrogen) atoms. The lowest BCUT2D eigenvalue weighted by atomic mass is 9.95. The van der Waals surface area contributed by atoms with Gasteiger partial charge in [0.2, 0.25) is 5.91 Å². The third-order valence-electron chi connectivity index (χ3n) is 4.07. The van der Waals surface area contributed by atoms with Crippen LogP contribution >= 0.6 is 0 Å². The Labute approximate surface area is 111 Å². The minimum atomic E-state index is -0.687. The van der Waals surface area contributed by atoms with Gasteiger partial charge in [0.15, 0.2) is 0 Å². The Morgan fingerprint density at radius 3 is 2.28 bits per heavy atom. The topological polar surface area (TPSA) is 49.6 Å². The second-order valence-corrected chi connectivity index (χ2v) is 5.75. The first-order valence-corrected chi connectivity index (χ1v) is 7.24. The summed E-state index contributed by atoms with van der Waals surface area (Å²) in [5.41, 5.74) is 5.43. The van der Waals surface area contributed by atoms with Crippen LogP contribution in [-0.4, -0.2) is 53.5 Å². The zero-order chi connectivity index (χ0) is 13.8. The van der Waals surface area contributed by atoms with Crippen molar-refractivity contribution >= 4 is 5.91 Å². The molecule has 0 aromatic rings. The van der Waals surface area contributed by atoms with Crippen molar-refractivity contribution in [3.63, 3.8) is 0 Å². The highest BCUT2D eigenvalue weighted by molar-refractivity contribution is 5.85. The van der Waals surface area contributed by atoms with Crippen molar-refractivity contribution in [1.29, 1.82) is 0 Å². The lowest BCUT2D eigenvalue weighted by Crippen LogP contribution is -2.59. The van der Waals surface area contributed by atoms with E-state index in [2.05, 4.69) is 25.7 Å². The van der Waals surface area contributed by atoms with E-state index in [0.29, 0.717) is 6.04 Å². The van der Waals surface area contributed by atoms with Crippen LogP contribution in [0.3, 0.4) is 0 Å². The number of nitrogens with zero attached hydrogens (tertiary/aromatic N) is 2. The van der Waals surface area contributed by atoms with Crippen LogP contribution in [0.15, 0.2) is 0 Å². The molecule has 0 aliphatic carbocycles. The Balaban J connectivity index is 2.50. The minimum Gasteiger partial charge on any atom is -0.339 e. The Morgan fingerprint density at radius 2 is 1.83 bits per heavy atom. The molecule has 0 bridgehead atoms. The first-order chi connectivity index (χ1) is 8.42. The van der Waals surface area contributed by atoms with Gasteiger partial charge in [0.05, 0.1) is 5.54 Å². The number of rotatable bonds is 5. The molecule has 1 fully saturated rings. The molecule has 1 heterocycles. The molecule has 0 saturated carbocycles. The maximum absolute atomic E-state index is 12.3. The summed E-state index contributed by atoms with van der Waals surface area (Å²) < 4.78 is 0. The third kappa shape index (κ3) is 3.69. The van der Waals surface area contributed by atoms with Crippen molar-refractivity contribution in [3.8, 4) is 0 Å². The zero-order valence-corrected chi connectivity index (χ0v) is 12.4. The largest absolute Gasteiger partial charge is 0.339 e. The van der Waals surface area contributed by atoms with Crippen LogP contribution in [-0.2, 0) is 4.79 Å². The van der Waals surface area contributed by atoms with E-state index in [-0.39, 0.29) is 5.91 Å². The van der Waals surface area contributed by atoms with Gasteiger partial charge in [-0.05, 0) is 26.7 Å².